The van der Waals surface area contributed by atoms with Crippen molar-refractivity contribution in [3.63, 3.8) is 0 Å². The minimum Gasteiger partial charge on any atom is -0.450 e. The van der Waals surface area contributed by atoms with E-state index in [-0.39, 0.29) is 26.2 Å². The fourth-order valence-corrected chi connectivity index (χ4v) is 2.53. The molecule has 0 aliphatic carbocycles. The lowest BCUT2D eigenvalue weighted by atomic mass is 10.1. The number of hydrogen-bond acceptors (Lipinski definition) is 4. The van der Waals surface area contributed by atoms with E-state index >= 15 is 0 Å². The van der Waals surface area contributed by atoms with Gasteiger partial charge in [0.05, 0.1) is 12.9 Å². The van der Waals surface area contributed by atoms with Gasteiger partial charge in [-0.05, 0) is 19.4 Å². The molecule has 0 unspecified atom stereocenters. The second-order valence-corrected chi connectivity index (χ2v) is 6.71. The Hall–Kier alpha value is -1.60. The first-order valence-electron chi connectivity index (χ1n) is 6.74. The van der Waals surface area contributed by atoms with E-state index in [1.54, 1.807) is 6.92 Å². The van der Waals surface area contributed by atoms with E-state index in [0.29, 0.717) is 0 Å². The van der Waals surface area contributed by atoms with Crippen LogP contribution >= 0.6 is 0 Å². The van der Waals surface area contributed by atoms with Crippen LogP contribution in [-0.2, 0) is 21.3 Å². The van der Waals surface area contributed by atoms with Crippen molar-refractivity contribution in [2.75, 3.05) is 26.0 Å². The first kappa shape index (κ1) is 17.5. The Morgan fingerprint density at radius 1 is 1.29 bits per heavy atom. The van der Waals surface area contributed by atoms with Crippen LogP contribution in [0.4, 0.5) is 4.79 Å². The Labute approximate surface area is 126 Å². The van der Waals surface area contributed by atoms with Crippen LogP contribution in [0, 0.1) is 6.92 Å². The molecule has 1 aromatic rings. The van der Waals surface area contributed by atoms with E-state index in [4.69, 9.17) is 4.74 Å². The number of nitrogens with zero attached hydrogens (tertiary/aromatic N) is 1. The lowest BCUT2D eigenvalue weighted by Crippen LogP contribution is -2.37. The van der Waals surface area contributed by atoms with Crippen molar-refractivity contribution in [3.05, 3.63) is 35.4 Å². The third-order valence-corrected chi connectivity index (χ3v) is 4.10. The van der Waals surface area contributed by atoms with Gasteiger partial charge in [-0.2, -0.15) is 4.31 Å². The van der Waals surface area contributed by atoms with E-state index < -0.39 is 16.1 Å². The lowest BCUT2D eigenvalue weighted by molar-refractivity contribution is 0.151. The Morgan fingerprint density at radius 3 is 2.43 bits per heavy atom. The topological polar surface area (TPSA) is 75.7 Å². The maximum atomic E-state index is 11.8. The number of nitrogens with one attached hydrogen (secondary N) is 1. The van der Waals surface area contributed by atoms with Crippen LogP contribution in [0.2, 0.25) is 0 Å². The monoisotopic (exact) mass is 314 g/mol. The Morgan fingerprint density at radius 2 is 1.90 bits per heavy atom. The highest BCUT2D eigenvalue weighted by atomic mass is 32.2. The van der Waals surface area contributed by atoms with Crippen molar-refractivity contribution in [2.45, 2.75) is 20.4 Å². The fourth-order valence-electron chi connectivity index (χ4n) is 1.72. The van der Waals surface area contributed by atoms with Crippen molar-refractivity contribution >= 4 is 16.1 Å². The van der Waals surface area contributed by atoms with Crippen LogP contribution in [0.3, 0.4) is 0 Å². The van der Waals surface area contributed by atoms with Crippen molar-refractivity contribution in [2.24, 2.45) is 0 Å². The van der Waals surface area contributed by atoms with Crippen molar-refractivity contribution in [1.29, 1.82) is 0 Å². The normalized spacial score (nSPS) is 11.4. The highest BCUT2D eigenvalue weighted by Crippen LogP contribution is 2.09. The van der Waals surface area contributed by atoms with Gasteiger partial charge in [0.2, 0.25) is 10.0 Å². The number of alkyl carbamates (subject to hydrolysis) is 1. The molecule has 1 N–H and O–H groups in total. The van der Waals surface area contributed by atoms with Gasteiger partial charge in [-0.15, -0.1) is 0 Å². The standard InChI is InChI=1S/C14H22N2O4S/c1-4-20-14(17)15-9-10-16(21(3,18)19)11-13-7-5-12(2)6-8-13/h5-8H,4,9-11H2,1-3H3,(H,15,17). The highest BCUT2D eigenvalue weighted by Gasteiger charge is 2.17. The molecule has 0 spiro atoms. The quantitative estimate of drug-likeness (QED) is 0.827. The number of amides is 1. The van der Waals surface area contributed by atoms with Gasteiger partial charge in [0, 0.05) is 19.6 Å². The van der Waals surface area contributed by atoms with Gasteiger partial charge in [-0.3, -0.25) is 0 Å². The SMILES string of the molecule is CCOC(=O)NCCN(Cc1ccc(C)cc1)S(C)(=O)=O. The molecule has 118 valence electrons. The summed E-state index contributed by atoms with van der Waals surface area (Å²) in [6.45, 7) is 4.65. The number of rotatable bonds is 7. The molecule has 0 aliphatic rings. The number of benzene rings is 1. The van der Waals surface area contributed by atoms with Gasteiger partial charge >= 0.3 is 6.09 Å². The zero-order chi connectivity index (χ0) is 15.9. The van der Waals surface area contributed by atoms with Gasteiger partial charge < -0.3 is 10.1 Å². The molecular formula is C14H22N2O4S. The van der Waals surface area contributed by atoms with E-state index in [0.717, 1.165) is 17.4 Å². The molecule has 0 bridgehead atoms. The highest BCUT2D eigenvalue weighted by molar-refractivity contribution is 7.88. The first-order valence-corrected chi connectivity index (χ1v) is 8.59. The van der Waals surface area contributed by atoms with E-state index in [1.807, 2.05) is 31.2 Å². The maximum Gasteiger partial charge on any atom is 0.407 e. The van der Waals surface area contributed by atoms with Crippen molar-refractivity contribution in [1.82, 2.24) is 9.62 Å². The molecule has 1 amide bonds. The minimum atomic E-state index is -3.34. The molecule has 21 heavy (non-hydrogen) atoms. The van der Waals surface area contributed by atoms with Gasteiger partial charge in [-0.25, -0.2) is 13.2 Å². The summed E-state index contributed by atoms with van der Waals surface area (Å²) in [6, 6.07) is 7.66. The molecule has 1 rings (SSSR count). The molecule has 0 fully saturated rings. The first-order chi connectivity index (χ1) is 9.82. The number of aryl methyl sites for hydroxylation is 1. The second kappa shape index (κ2) is 7.99. The molecule has 0 aliphatic heterocycles. The predicted molar refractivity (Wildman–Crippen MR) is 81.5 cm³/mol. The fraction of sp³-hybridized carbons (Fsp3) is 0.500. The third-order valence-electron chi connectivity index (χ3n) is 2.85. The zero-order valence-electron chi connectivity index (χ0n) is 12.6. The number of sulfonamides is 1. The molecule has 7 heteroatoms. The average Bonchev–Trinajstić information content (AvgIpc) is 2.39. The van der Waals surface area contributed by atoms with Crippen LogP contribution in [-0.4, -0.2) is 44.8 Å². The minimum absolute atomic E-state index is 0.200. The van der Waals surface area contributed by atoms with Crippen LogP contribution in [0.1, 0.15) is 18.1 Å². The molecule has 0 aromatic heterocycles. The maximum absolute atomic E-state index is 11.8. The van der Waals surface area contributed by atoms with Gasteiger partial charge in [-0.1, -0.05) is 29.8 Å². The molecule has 0 saturated heterocycles. The largest absolute Gasteiger partial charge is 0.450 e. The molecule has 0 heterocycles. The Balaban J connectivity index is 2.61. The Bertz CT molecular complexity index is 555. The number of carbonyl (C=O) groups is 1. The van der Waals surface area contributed by atoms with Crippen LogP contribution in [0.25, 0.3) is 0 Å². The summed E-state index contributed by atoms with van der Waals surface area (Å²) in [7, 11) is -3.34. The van der Waals surface area contributed by atoms with E-state index in [2.05, 4.69) is 5.32 Å². The summed E-state index contributed by atoms with van der Waals surface area (Å²) in [6.07, 6.45) is 0.618. The van der Waals surface area contributed by atoms with Crippen molar-refractivity contribution in [3.8, 4) is 0 Å². The summed E-state index contributed by atoms with van der Waals surface area (Å²) < 4.78 is 29.6. The molecule has 0 radical (unpaired) electrons. The molecule has 0 atom stereocenters. The van der Waals surface area contributed by atoms with Crippen LogP contribution in [0.5, 0.6) is 0 Å². The number of ether oxygens (including phenoxy) is 1. The summed E-state index contributed by atoms with van der Waals surface area (Å²) >= 11 is 0. The third kappa shape index (κ3) is 6.59. The molecule has 0 saturated carbocycles. The average molecular weight is 314 g/mol. The molecular weight excluding hydrogens is 292 g/mol. The van der Waals surface area contributed by atoms with E-state index in [9.17, 15) is 13.2 Å². The van der Waals surface area contributed by atoms with Crippen LogP contribution < -0.4 is 5.32 Å². The van der Waals surface area contributed by atoms with Gasteiger partial charge in [0.1, 0.15) is 0 Å². The van der Waals surface area contributed by atoms with Gasteiger partial charge in [0.25, 0.3) is 0 Å². The number of hydrogen-bond donors (Lipinski definition) is 1. The molecule has 6 nitrogen and oxygen atoms in total. The van der Waals surface area contributed by atoms with Crippen molar-refractivity contribution < 1.29 is 17.9 Å². The number of carbonyl (C=O) groups excluding carboxylic acids is 1. The summed E-state index contributed by atoms with van der Waals surface area (Å²) in [4.78, 5) is 11.2. The van der Waals surface area contributed by atoms with E-state index in [1.165, 1.54) is 4.31 Å². The lowest BCUT2D eigenvalue weighted by Gasteiger charge is -2.20. The Kier molecular flexibility index (Phi) is 6.64. The predicted octanol–water partition coefficient (Wildman–Crippen LogP) is 1.50. The molecule has 1 aromatic carbocycles. The smallest absolute Gasteiger partial charge is 0.407 e. The van der Waals surface area contributed by atoms with Gasteiger partial charge in [0.15, 0.2) is 0 Å². The summed E-state index contributed by atoms with van der Waals surface area (Å²) in [5.74, 6) is 0. The summed E-state index contributed by atoms with van der Waals surface area (Å²) in [5.41, 5.74) is 2.02. The summed E-state index contributed by atoms with van der Waals surface area (Å²) in [5, 5.41) is 2.51. The zero-order valence-corrected chi connectivity index (χ0v) is 13.4. The van der Waals surface area contributed by atoms with Crippen LogP contribution in [0.15, 0.2) is 24.3 Å². The second-order valence-electron chi connectivity index (χ2n) is 4.73.